The van der Waals surface area contributed by atoms with Crippen LogP contribution in [0.3, 0.4) is 0 Å². The molecule has 0 radical (unpaired) electrons. The predicted octanol–water partition coefficient (Wildman–Crippen LogP) is 3.51. The topological polar surface area (TPSA) is 73.1 Å². The highest BCUT2D eigenvalue weighted by Gasteiger charge is 2.19. The number of alkyl halides is 2. The van der Waals surface area contributed by atoms with Crippen molar-refractivity contribution < 1.29 is 21.7 Å². The van der Waals surface area contributed by atoms with Crippen molar-refractivity contribution in [2.75, 3.05) is 0 Å². The monoisotopic (exact) mass is 336 g/mol. The molecule has 0 saturated heterocycles. The molecule has 0 atom stereocenters. The molecule has 118 valence electrons. The van der Waals surface area contributed by atoms with E-state index >= 15 is 0 Å². The van der Waals surface area contributed by atoms with Gasteiger partial charge in [0.25, 0.3) is 5.89 Å². The van der Waals surface area contributed by atoms with Gasteiger partial charge in [-0.25, -0.2) is 8.42 Å². The SMILES string of the molecule is O=S(=O)(c1ccccc1)c1ccc(-c2noc(C(F)F)n2)cc1. The van der Waals surface area contributed by atoms with Crippen molar-refractivity contribution in [2.24, 2.45) is 0 Å². The number of aromatic nitrogens is 2. The van der Waals surface area contributed by atoms with Gasteiger partial charge in [-0.15, -0.1) is 0 Å². The van der Waals surface area contributed by atoms with E-state index < -0.39 is 22.2 Å². The van der Waals surface area contributed by atoms with Crippen LogP contribution < -0.4 is 0 Å². The third-order valence-electron chi connectivity index (χ3n) is 3.10. The molecule has 0 amide bonds. The van der Waals surface area contributed by atoms with E-state index in [2.05, 4.69) is 14.7 Å². The second kappa shape index (κ2) is 5.88. The molecule has 3 rings (SSSR count). The fourth-order valence-electron chi connectivity index (χ4n) is 1.96. The van der Waals surface area contributed by atoms with E-state index in [9.17, 15) is 17.2 Å². The molecule has 1 aromatic heterocycles. The molecule has 2 aromatic carbocycles. The van der Waals surface area contributed by atoms with Gasteiger partial charge in [0, 0.05) is 5.56 Å². The van der Waals surface area contributed by atoms with Crippen molar-refractivity contribution in [1.29, 1.82) is 0 Å². The molecular formula is C15H10F2N2O3S. The Morgan fingerprint density at radius 1 is 0.913 bits per heavy atom. The zero-order valence-electron chi connectivity index (χ0n) is 11.6. The van der Waals surface area contributed by atoms with Gasteiger partial charge in [-0.1, -0.05) is 23.4 Å². The smallest absolute Gasteiger partial charge is 0.315 e. The van der Waals surface area contributed by atoms with Gasteiger partial charge in [0.05, 0.1) is 9.79 Å². The van der Waals surface area contributed by atoms with Gasteiger partial charge in [0.1, 0.15) is 0 Å². The lowest BCUT2D eigenvalue weighted by Crippen LogP contribution is -2.01. The molecule has 5 nitrogen and oxygen atoms in total. The second-order valence-electron chi connectivity index (χ2n) is 4.60. The van der Waals surface area contributed by atoms with E-state index in [1.165, 1.54) is 36.4 Å². The first kappa shape index (κ1) is 15.3. The van der Waals surface area contributed by atoms with Crippen molar-refractivity contribution in [3.8, 4) is 11.4 Å². The van der Waals surface area contributed by atoms with Crippen LogP contribution in [0.15, 0.2) is 68.9 Å². The van der Waals surface area contributed by atoms with E-state index in [1.54, 1.807) is 18.2 Å². The zero-order valence-corrected chi connectivity index (χ0v) is 12.4. The number of benzene rings is 2. The maximum absolute atomic E-state index is 12.4. The Labute approximate surface area is 130 Å². The largest absolute Gasteiger partial charge is 0.333 e. The quantitative estimate of drug-likeness (QED) is 0.729. The highest BCUT2D eigenvalue weighted by Crippen LogP contribution is 2.25. The fraction of sp³-hybridized carbons (Fsp3) is 0.0667. The number of hydrogen-bond acceptors (Lipinski definition) is 5. The second-order valence-corrected chi connectivity index (χ2v) is 6.55. The number of rotatable bonds is 4. The molecule has 0 aliphatic heterocycles. The van der Waals surface area contributed by atoms with Crippen molar-refractivity contribution in [3.63, 3.8) is 0 Å². The Bertz CT molecular complexity index is 907. The molecule has 0 aliphatic carbocycles. The standard InChI is InChI=1S/C15H10F2N2O3S/c16-13(17)15-18-14(19-22-15)10-6-8-12(9-7-10)23(20,21)11-4-2-1-3-5-11/h1-9,13H. The minimum Gasteiger partial charge on any atom is -0.333 e. The van der Waals surface area contributed by atoms with Crippen LogP contribution in [-0.4, -0.2) is 18.6 Å². The van der Waals surface area contributed by atoms with Crippen LogP contribution >= 0.6 is 0 Å². The van der Waals surface area contributed by atoms with Gasteiger partial charge in [0.2, 0.25) is 15.7 Å². The zero-order chi connectivity index (χ0) is 16.4. The van der Waals surface area contributed by atoms with E-state index in [0.717, 1.165) is 0 Å². The molecule has 0 unspecified atom stereocenters. The number of sulfone groups is 1. The molecule has 3 aromatic rings. The van der Waals surface area contributed by atoms with Crippen molar-refractivity contribution in [3.05, 3.63) is 60.5 Å². The summed E-state index contributed by atoms with van der Waals surface area (Å²) in [6.07, 6.45) is -2.85. The maximum Gasteiger partial charge on any atom is 0.315 e. The molecule has 0 aliphatic rings. The number of hydrogen-bond donors (Lipinski definition) is 0. The first-order valence-corrected chi connectivity index (χ1v) is 7.99. The van der Waals surface area contributed by atoms with Crippen LogP contribution in [-0.2, 0) is 9.84 Å². The average molecular weight is 336 g/mol. The summed E-state index contributed by atoms with van der Waals surface area (Å²) >= 11 is 0. The normalized spacial score (nSPS) is 11.8. The third-order valence-corrected chi connectivity index (χ3v) is 4.89. The van der Waals surface area contributed by atoms with Gasteiger partial charge in [-0.2, -0.15) is 13.8 Å². The number of nitrogens with zero attached hydrogens (tertiary/aromatic N) is 2. The van der Waals surface area contributed by atoms with Gasteiger partial charge in [-0.3, -0.25) is 0 Å². The Hall–Kier alpha value is -2.61. The summed E-state index contributed by atoms with van der Waals surface area (Å²) in [5.74, 6) is -0.801. The van der Waals surface area contributed by atoms with Crippen molar-refractivity contribution in [2.45, 2.75) is 16.2 Å². The number of halogens is 2. The molecule has 0 spiro atoms. The lowest BCUT2D eigenvalue weighted by atomic mass is 10.2. The molecule has 0 saturated carbocycles. The van der Waals surface area contributed by atoms with Crippen molar-refractivity contribution >= 4 is 9.84 Å². The Morgan fingerprint density at radius 3 is 2.09 bits per heavy atom. The summed E-state index contributed by atoms with van der Waals surface area (Å²) < 4.78 is 54.1. The minimum atomic E-state index is -3.63. The Morgan fingerprint density at radius 2 is 1.52 bits per heavy atom. The minimum absolute atomic E-state index is 0.0241. The summed E-state index contributed by atoms with van der Waals surface area (Å²) in [4.78, 5) is 3.81. The molecule has 0 fully saturated rings. The molecule has 8 heteroatoms. The third kappa shape index (κ3) is 2.98. The van der Waals surface area contributed by atoms with E-state index in [-0.39, 0.29) is 15.6 Å². The van der Waals surface area contributed by atoms with Crippen LogP contribution in [0.25, 0.3) is 11.4 Å². The maximum atomic E-state index is 12.4. The van der Waals surface area contributed by atoms with Crippen LogP contribution in [0, 0.1) is 0 Å². The van der Waals surface area contributed by atoms with E-state index in [1.807, 2.05) is 0 Å². The average Bonchev–Trinajstić information content (AvgIpc) is 3.06. The molecule has 23 heavy (non-hydrogen) atoms. The van der Waals surface area contributed by atoms with Crippen molar-refractivity contribution in [1.82, 2.24) is 10.1 Å². The lowest BCUT2D eigenvalue weighted by molar-refractivity contribution is 0.106. The van der Waals surface area contributed by atoms with Gasteiger partial charge >= 0.3 is 6.43 Å². The summed E-state index contributed by atoms with van der Waals surface area (Å²) in [5.41, 5.74) is 0.382. The Balaban J connectivity index is 1.93. The highest BCUT2D eigenvalue weighted by molar-refractivity contribution is 7.91. The summed E-state index contributed by atoms with van der Waals surface area (Å²) in [5, 5.41) is 3.44. The van der Waals surface area contributed by atoms with Crippen LogP contribution in [0.2, 0.25) is 0 Å². The van der Waals surface area contributed by atoms with Crippen LogP contribution in [0.5, 0.6) is 0 Å². The van der Waals surface area contributed by atoms with E-state index in [4.69, 9.17) is 0 Å². The summed E-state index contributed by atoms with van der Waals surface area (Å²) in [6, 6.07) is 13.6. The van der Waals surface area contributed by atoms with E-state index in [0.29, 0.717) is 5.56 Å². The van der Waals surface area contributed by atoms with Crippen LogP contribution in [0.4, 0.5) is 8.78 Å². The molecule has 0 N–H and O–H groups in total. The summed E-state index contributed by atoms with van der Waals surface area (Å²) in [6.45, 7) is 0. The summed E-state index contributed by atoms with van der Waals surface area (Å²) in [7, 11) is -3.63. The molecule has 1 heterocycles. The molecular weight excluding hydrogens is 326 g/mol. The molecule has 0 bridgehead atoms. The van der Waals surface area contributed by atoms with Gasteiger partial charge in [0.15, 0.2) is 0 Å². The first-order chi connectivity index (χ1) is 11.0. The first-order valence-electron chi connectivity index (χ1n) is 6.51. The lowest BCUT2D eigenvalue weighted by Gasteiger charge is -2.04. The predicted molar refractivity (Wildman–Crippen MR) is 76.6 cm³/mol. The fourth-order valence-corrected chi connectivity index (χ4v) is 3.24. The Kier molecular flexibility index (Phi) is 3.91. The van der Waals surface area contributed by atoms with Gasteiger partial charge in [-0.05, 0) is 36.4 Å². The van der Waals surface area contributed by atoms with Crippen LogP contribution in [0.1, 0.15) is 12.3 Å². The highest BCUT2D eigenvalue weighted by atomic mass is 32.2. The van der Waals surface area contributed by atoms with Gasteiger partial charge < -0.3 is 4.52 Å².